The Balaban J connectivity index is 1.37. The van der Waals surface area contributed by atoms with Gasteiger partial charge in [0.1, 0.15) is 17.8 Å². The third kappa shape index (κ3) is 4.84. The van der Waals surface area contributed by atoms with Crippen LogP contribution in [0, 0.1) is 11.3 Å². The molecule has 9 rings (SSSR count). The number of aromatic nitrogens is 1. The van der Waals surface area contributed by atoms with Gasteiger partial charge in [0.05, 0.1) is 20.3 Å². The number of nitrogens with zero attached hydrogens (tertiary/aromatic N) is 3. The lowest BCUT2D eigenvalue weighted by Gasteiger charge is -2.63. The van der Waals surface area contributed by atoms with Gasteiger partial charge in [0.2, 0.25) is 5.60 Å². The molecule has 5 aliphatic heterocycles. The molecule has 3 N–H and O–H groups in total. The number of esters is 2. The smallest absolute Gasteiger partial charge is 0.344 e. The van der Waals surface area contributed by atoms with Crippen LogP contribution >= 0.6 is 0 Å². The predicted molar refractivity (Wildman–Crippen MR) is 214 cm³/mol. The molecule has 3 aromatic rings. The minimum atomic E-state index is -2.29. The number of rotatable bonds is 8. The Morgan fingerprint density at radius 3 is 2.54 bits per heavy atom. The molecule has 6 heterocycles. The van der Waals surface area contributed by atoms with Gasteiger partial charge in [-0.15, -0.1) is 0 Å². The number of Topliss-reactive ketones (excluding diaryl/α,β-unsaturated/α-hetero) is 1. The molecule has 302 valence electrons. The molecule has 2 aromatic carbocycles. The van der Waals surface area contributed by atoms with Gasteiger partial charge in [-0.3, -0.25) is 19.4 Å². The van der Waals surface area contributed by atoms with Gasteiger partial charge in [-0.25, -0.2) is 4.79 Å². The van der Waals surface area contributed by atoms with Gasteiger partial charge in [0, 0.05) is 90.9 Å². The maximum absolute atomic E-state index is 15.1. The quantitative estimate of drug-likeness (QED) is 0.224. The highest BCUT2D eigenvalue weighted by molar-refractivity contribution is 5.99. The monoisotopic (exact) mass is 778 g/mol. The summed E-state index contributed by atoms with van der Waals surface area (Å²) in [4.78, 5) is 53.0. The maximum atomic E-state index is 15.1. The van der Waals surface area contributed by atoms with Crippen LogP contribution in [0.5, 0.6) is 5.75 Å². The van der Waals surface area contributed by atoms with E-state index in [1.165, 1.54) is 19.6 Å². The van der Waals surface area contributed by atoms with Crippen molar-refractivity contribution in [1.29, 1.82) is 0 Å². The summed E-state index contributed by atoms with van der Waals surface area (Å²) >= 11 is 0. The van der Waals surface area contributed by atoms with E-state index in [-0.39, 0.29) is 17.7 Å². The average Bonchev–Trinajstić information content (AvgIpc) is 3.87. The molecular weight excluding hydrogens is 725 g/mol. The topological polar surface area (TPSA) is 145 Å². The highest BCUT2D eigenvalue weighted by Crippen LogP contribution is 2.68. The zero-order chi connectivity index (χ0) is 40.2. The number of H-pyrrole nitrogens is 1. The lowest BCUT2D eigenvalue weighted by molar-refractivity contribution is -0.228. The molecule has 9 atom stereocenters. The lowest BCUT2D eigenvalue weighted by atomic mass is 9.47. The number of carbonyl (C=O) groups excluding carboxylic acids is 3. The van der Waals surface area contributed by atoms with Crippen molar-refractivity contribution in [3.05, 3.63) is 82.6 Å². The van der Waals surface area contributed by atoms with Crippen LogP contribution in [0.3, 0.4) is 0 Å². The van der Waals surface area contributed by atoms with E-state index in [4.69, 9.17) is 14.2 Å². The molecule has 3 unspecified atom stereocenters. The molecule has 1 saturated carbocycles. The predicted octanol–water partition coefficient (Wildman–Crippen LogP) is 4.14. The second kappa shape index (κ2) is 13.3. The van der Waals surface area contributed by atoms with Crippen molar-refractivity contribution in [3.63, 3.8) is 0 Å². The summed E-state index contributed by atoms with van der Waals surface area (Å²) in [5, 5.41) is 25.4. The SMILES string of the molecule is CCC1=C[C@@H]2CN(C1)Cc1c([nH]c3ccccc13)C(C(=O)CO)(c1cc3c(cc1OC)N(C)[C@@H]1C34CCN3CC=C[C@@](CC)([C@H]34)[C@@H](OC(C)=O)[C@]1(O)C(=O)OC)C2. The molecule has 6 aliphatic rings. The Morgan fingerprint density at radius 2 is 1.84 bits per heavy atom. The number of ketones is 1. The normalized spacial score (nSPS) is 35.0. The number of aliphatic hydroxyl groups is 2. The van der Waals surface area contributed by atoms with Crippen LogP contribution in [0.25, 0.3) is 10.9 Å². The van der Waals surface area contributed by atoms with Crippen LogP contribution in [0.2, 0.25) is 0 Å². The van der Waals surface area contributed by atoms with Crippen molar-refractivity contribution < 1.29 is 38.8 Å². The number of carbonyl (C=O) groups is 3. The van der Waals surface area contributed by atoms with Crippen molar-refractivity contribution in [2.45, 2.75) is 87.6 Å². The number of hydrogen-bond acceptors (Lipinski definition) is 11. The van der Waals surface area contributed by atoms with Crippen LogP contribution in [-0.4, -0.2) is 121 Å². The van der Waals surface area contributed by atoms with Gasteiger partial charge in [-0.1, -0.05) is 55.8 Å². The summed E-state index contributed by atoms with van der Waals surface area (Å²) in [6.07, 6.45) is 7.52. The number of ether oxygens (including phenoxy) is 3. The van der Waals surface area contributed by atoms with E-state index in [0.29, 0.717) is 50.2 Å². The molecule has 12 heteroatoms. The largest absolute Gasteiger partial charge is 0.496 e. The Kier molecular flexibility index (Phi) is 8.86. The Bertz CT molecular complexity index is 2250. The molecule has 12 nitrogen and oxygen atoms in total. The average molecular weight is 779 g/mol. The fourth-order valence-corrected chi connectivity index (χ4v) is 12.9. The van der Waals surface area contributed by atoms with Gasteiger partial charge in [-0.2, -0.15) is 0 Å². The summed E-state index contributed by atoms with van der Waals surface area (Å²) in [6.45, 7) is 8.37. The van der Waals surface area contributed by atoms with Crippen molar-refractivity contribution in [2.24, 2.45) is 11.3 Å². The molecule has 1 saturated heterocycles. The molecule has 57 heavy (non-hydrogen) atoms. The third-order valence-corrected chi connectivity index (χ3v) is 14.8. The first-order valence-electron chi connectivity index (χ1n) is 20.4. The number of benzene rings is 2. The molecule has 1 spiro atoms. The highest BCUT2D eigenvalue weighted by Gasteiger charge is 2.80. The summed E-state index contributed by atoms with van der Waals surface area (Å²) < 4.78 is 17.9. The van der Waals surface area contributed by atoms with Crippen LogP contribution in [0.1, 0.15) is 68.8 Å². The Hall–Kier alpha value is -4.49. The first-order chi connectivity index (χ1) is 27.4. The molecule has 0 amide bonds. The molecule has 2 bridgehead atoms. The summed E-state index contributed by atoms with van der Waals surface area (Å²) in [5.41, 5.74) is 0.771. The number of aliphatic hydroxyl groups excluding tert-OH is 1. The van der Waals surface area contributed by atoms with Gasteiger partial charge in [0.15, 0.2) is 11.9 Å². The third-order valence-electron chi connectivity index (χ3n) is 14.8. The minimum absolute atomic E-state index is 0.00270. The second-order valence-corrected chi connectivity index (χ2v) is 17.3. The zero-order valence-electron chi connectivity index (χ0n) is 33.8. The Labute approximate surface area is 333 Å². The van der Waals surface area contributed by atoms with E-state index in [1.54, 1.807) is 7.11 Å². The maximum Gasteiger partial charge on any atom is 0.344 e. The minimum Gasteiger partial charge on any atom is -0.496 e. The molecule has 1 aliphatic carbocycles. The summed E-state index contributed by atoms with van der Waals surface area (Å²) in [5.74, 6) is -1.34. The Morgan fingerprint density at radius 1 is 1.05 bits per heavy atom. The van der Waals surface area contributed by atoms with E-state index in [2.05, 4.69) is 52.1 Å². The molecular formula is C45H54N4O8. The van der Waals surface area contributed by atoms with Gasteiger partial charge in [-0.05, 0) is 61.4 Å². The number of nitrogens with one attached hydrogen (secondary N) is 1. The van der Waals surface area contributed by atoms with Crippen molar-refractivity contribution in [3.8, 4) is 5.75 Å². The molecule has 1 aromatic heterocycles. The number of para-hydroxylation sites is 1. The number of aromatic amines is 1. The van der Waals surface area contributed by atoms with Crippen molar-refractivity contribution >= 4 is 34.3 Å². The van der Waals surface area contributed by atoms with Crippen LogP contribution < -0.4 is 9.64 Å². The van der Waals surface area contributed by atoms with Crippen molar-refractivity contribution in [1.82, 2.24) is 14.8 Å². The number of methoxy groups -OCH3 is 2. The summed E-state index contributed by atoms with van der Waals surface area (Å²) in [6, 6.07) is 11.0. The summed E-state index contributed by atoms with van der Waals surface area (Å²) in [7, 11) is 4.72. The van der Waals surface area contributed by atoms with E-state index in [0.717, 1.165) is 52.9 Å². The molecule has 0 radical (unpaired) electrons. The first-order valence-corrected chi connectivity index (χ1v) is 20.4. The molecule has 2 fully saturated rings. The number of fused-ring (bicyclic) bond motifs is 6. The van der Waals surface area contributed by atoms with E-state index in [1.807, 2.05) is 43.1 Å². The number of hydrogen-bond donors (Lipinski definition) is 3. The van der Waals surface area contributed by atoms with E-state index in [9.17, 15) is 19.8 Å². The fourth-order valence-electron chi connectivity index (χ4n) is 12.9. The highest BCUT2D eigenvalue weighted by atomic mass is 16.6. The zero-order valence-corrected chi connectivity index (χ0v) is 33.8. The van der Waals surface area contributed by atoms with Crippen LogP contribution in [0.4, 0.5) is 5.69 Å². The van der Waals surface area contributed by atoms with Crippen molar-refractivity contribution in [2.75, 3.05) is 59.0 Å². The fraction of sp³-hybridized carbons (Fsp3) is 0.533. The first kappa shape index (κ1) is 38.1. The number of likely N-dealkylation sites (N-methyl/N-ethyl adjacent to an activating group) is 1. The standard InChI is InChI=1S/C45H54N4O8/c1-7-27-18-28-21-44(36(52)25-50,37-30(24-48(22-27)23-28)29-12-9-10-13-33(29)46-37)32-19-31-34(20-35(32)55-5)47(4)39-43(31)15-17-49-16-11-14-42(8-2,38(43)49)40(57-26(3)51)45(39,54)41(53)56-6/h9-14,18-20,28,38-40,46,50,54H,7-8,15-17,21-25H2,1-6H3/t28-,38-,39+,40+,42-,43?,44?,45-/m0/s1. The van der Waals surface area contributed by atoms with Gasteiger partial charge >= 0.3 is 11.9 Å². The van der Waals surface area contributed by atoms with E-state index < -0.39 is 52.5 Å². The lowest BCUT2D eigenvalue weighted by Crippen LogP contribution is -2.81. The van der Waals surface area contributed by atoms with Gasteiger partial charge < -0.3 is 34.3 Å². The van der Waals surface area contributed by atoms with E-state index >= 15 is 4.79 Å². The van der Waals surface area contributed by atoms with Gasteiger partial charge in [0.25, 0.3) is 0 Å². The van der Waals surface area contributed by atoms with Crippen LogP contribution in [-0.2, 0) is 41.2 Å². The number of anilines is 1. The van der Waals surface area contributed by atoms with Crippen LogP contribution in [0.15, 0.2) is 60.2 Å². The second-order valence-electron chi connectivity index (χ2n) is 17.3.